The summed E-state index contributed by atoms with van der Waals surface area (Å²) in [5, 5.41) is 16.9. The Balaban J connectivity index is 2.17. The van der Waals surface area contributed by atoms with E-state index in [2.05, 4.69) is 25.9 Å². The summed E-state index contributed by atoms with van der Waals surface area (Å²) in [7, 11) is 0. The number of thioether (sulfide) groups is 1. The quantitative estimate of drug-likeness (QED) is 0.713. The van der Waals surface area contributed by atoms with Crippen molar-refractivity contribution in [1.29, 1.82) is 0 Å². The normalized spacial score (nSPS) is 31.8. The Morgan fingerprint density at radius 3 is 2.84 bits per heavy atom. The number of H-pyrrole nitrogens is 1. The second kappa shape index (κ2) is 3.69. The lowest BCUT2D eigenvalue weighted by molar-refractivity contribution is -0.156. The van der Waals surface area contributed by atoms with Crippen molar-refractivity contribution in [1.82, 2.24) is 30.8 Å². The van der Waals surface area contributed by atoms with Crippen molar-refractivity contribution >= 4 is 23.6 Å². The van der Waals surface area contributed by atoms with Crippen molar-refractivity contribution in [3.05, 3.63) is 5.82 Å². The number of aromatic amines is 1. The van der Waals surface area contributed by atoms with Gasteiger partial charge in [-0.3, -0.25) is 14.5 Å². The highest BCUT2D eigenvalue weighted by Gasteiger charge is 2.68. The van der Waals surface area contributed by atoms with Crippen molar-refractivity contribution in [2.24, 2.45) is 0 Å². The van der Waals surface area contributed by atoms with Gasteiger partial charge in [-0.2, -0.15) is 5.21 Å². The number of β-lactam (4-membered cyclic amide) rings is 1. The van der Waals surface area contributed by atoms with E-state index in [1.54, 1.807) is 16.7 Å². The third kappa shape index (κ3) is 1.44. The molecule has 2 amide bonds. The van der Waals surface area contributed by atoms with E-state index < -0.39 is 10.4 Å². The number of aromatic nitrogens is 4. The molecule has 1 aromatic heterocycles. The van der Waals surface area contributed by atoms with E-state index >= 15 is 0 Å². The Morgan fingerprint density at radius 2 is 2.32 bits per heavy atom. The van der Waals surface area contributed by atoms with E-state index in [0.29, 0.717) is 12.2 Å². The minimum absolute atomic E-state index is 0.0124. The molecule has 0 aliphatic carbocycles. The second-order valence-electron chi connectivity index (χ2n) is 5.18. The summed E-state index contributed by atoms with van der Waals surface area (Å²) in [6.45, 7) is 5.35. The molecule has 0 bridgehead atoms. The fraction of sp³-hybridized carbons (Fsp3) is 0.700. The zero-order valence-corrected chi connectivity index (χ0v) is 11.6. The Bertz CT molecular complexity index is 544. The molecule has 2 N–H and O–H groups in total. The first-order valence-corrected chi connectivity index (χ1v) is 6.79. The van der Waals surface area contributed by atoms with Crippen LogP contribution in [-0.2, 0) is 15.3 Å². The van der Waals surface area contributed by atoms with E-state index in [-0.39, 0.29) is 17.2 Å². The van der Waals surface area contributed by atoms with E-state index in [1.807, 2.05) is 13.8 Å². The molecule has 0 saturated carbocycles. The zero-order chi connectivity index (χ0) is 13.8. The van der Waals surface area contributed by atoms with Gasteiger partial charge < -0.3 is 5.32 Å². The third-order valence-corrected chi connectivity index (χ3v) is 5.13. The Labute approximate surface area is 113 Å². The van der Waals surface area contributed by atoms with Crippen LogP contribution in [0, 0.1) is 0 Å². The number of rotatable bonds is 2. The van der Waals surface area contributed by atoms with Crippen LogP contribution in [0.2, 0.25) is 0 Å². The number of fused-ring (bicyclic) bond motifs is 1. The van der Waals surface area contributed by atoms with Crippen molar-refractivity contribution < 1.29 is 9.59 Å². The highest BCUT2D eigenvalue weighted by atomic mass is 32.2. The van der Waals surface area contributed by atoms with Crippen LogP contribution in [0.3, 0.4) is 0 Å². The van der Waals surface area contributed by atoms with Gasteiger partial charge in [-0.05, 0) is 19.1 Å². The third-order valence-electron chi connectivity index (χ3n) is 3.60. The SMILES string of the molecule is CC(=O)NC1(c2nn[nH]n2)N2C(=O)C[C@H]2SC1(C)C. The molecule has 8 nitrogen and oxygen atoms in total. The molecule has 0 radical (unpaired) electrons. The monoisotopic (exact) mass is 282 g/mol. The summed E-state index contributed by atoms with van der Waals surface area (Å²) in [5.74, 6) is 0.0659. The van der Waals surface area contributed by atoms with Gasteiger partial charge in [-0.1, -0.05) is 0 Å². The van der Waals surface area contributed by atoms with E-state index in [1.165, 1.54) is 6.92 Å². The summed E-state index contributed by atoms with van der Waals surface area (Å²) >= 11 is 1.64. The number of nitrogens with zero attached hydrogens (tertiary/aromatic N) is 4. The summed E-state index contributed by atoms with van der Waals surface area (Å²) in [5.41, 5.74) is -1.05. The number of hydrogen-bond acceptors (Lipinski definition) is 6. The molecule has 9 heteroatoms. The molecule has 2 atom stereocenters. The fourth-order valence-corrected chi connectivity index (χ4v) is 4.51. The largest absolute Gasteiger partial charge is 0.326 e. The number of tetrazole rings is 1. The molecular weight excluding hydrogens is 268 g/mol. The molecule has 1 aromatic rings. The number of amides is 2. The second-order valence-corrected chi connectivity index (χ2v) is 6.98. The first kappa shape index (κ1) is 12.4. The van der Waals surface area contributed by atoms with Crippen LogP contribution >= 0.6 is 11.8 Å². The molecule has 19 heavy (non-hydrogen) atoms. The van der Waals surface area contributed by atoms with Gasteiger partial charge in [0, 0.05) is 6.92 Å². The van der Waals surface area contributed by atoms with Crippen LogP contribution < -0.4 is 5.32 Å². The van der Waals surface area contributed by atoms with Gasteiger partial charge >= 0.3 is 0 Å². The maximum atomic E-state index is 12.0. The Kier molecular flexibility index (Phi) is 2.40. The predicted molar refractivity (Wildman–Crippen MR) is 66.6 cm³/mol. The maximum Gasteiger partial charge on any atom is 0.228 e. The van der Waals surface area contributed by atoms with Gasteiger partial charge in [-0.15, -0.1) is 22.0 Å². The van der Waals surface area contributed by atoms with Crippen molar-refractivity contribution in [3.8, 4) is 0 Å². The fourth-order valence-electron chi connectivity index (χ4n) is 2.81. The van der Waals surface area contributed by atoms with E-state index in [9.17, 15) is 9.59 Å². The average Bonchev–Trinajstić information content (AvgIpc) is 2.83. The van der Waals surface area contributed by atoms with Gasteiger partial charge in [0.05, 0.1) is 16.5 Å². The molecule has 2 aliphatic rings. The smallest absolute Gasteiger partial charge is 0.228 e. The molecule has 3 rings (SSSR count). The van der Waals surface area contributed by atoms with Gasteiger partial charge in [0.25, 0.3) is 0 Å². The van der Waals surface area contributed by atoms with Crippen molar-refractivity contribution in [2.75, 3.05) is 0 Å². The van der Waals surface area contributed by atoms with E-state index in [4.69, 9.17) is 0 Å². The maximum absolute atomic E-state index is 12.0. The van der Waals surface area contributed by atoms with Crippen LogP contribution in [0.25, 0.3) is 0 Å². The predicted octanol–water partition coefficient (Wildman–Crippen LogP) is -0.428. The molecule has 1 unspecified atom stereocenters. The highest BCUT2D eigenvalue weighted by Crippen LogP contribution is 2.58. The summed E-state index contributed by atoms with van der Waals surface area (Å²) in [6, 6.07) is 0. The van der Waals surface area contributed by atoms with E-state index in [0.717, 1.165) is 0 Å². The number of hydrogen-bond donors (Lipinski definition) is 2. The molecule has 2 fully saturated rings. The average molecular weight is 282 g/mol. The summed E-state index contributed by atoms with van der Waals surface area (Å²) in [6.07, 6.45) is 0.479. The standard InChI is InChI=1S/C10H14N6O2S/c1-5(17)11-10(8-12-14-15-13-8)9(2,3)19-7-4-6(18)16(7)10/h7H,4H2,1-3H3,(H,11,17)(H,12,13,14,15)/t7-,10?/m1/s1. The molecule has 0 spiro atoms. The lowest BCUT2D eigenvalue weighted by atomic mass is 9.89. The molecule has 102 valence electrons. The summed E-state index contributed by atoms with van der Waals surface area (Å²) in [4.78, 5) is 25.3. The minimum Gasteiger partial charge on any atom is -0.326 e. The van der Waals surface area contributed by atoms with Crippen molar-refractivity contribution in [2.45, 2.75) is 43.0 Å². The molecule has 3 heterocycles. The zero-order valence-electron chi connectivity index (χ0n) is 10.8. The minimum atomic E-state index is -1.05. The van der Waals surface area contributed by atoms with Gasteiger partial charge in [-0.25, -0.2) is 0 Å². The molecule has 2 aliphatic heterocycles. The summed E-state index contributed by atoms with van der Waals surface area (Å²) < 4.78 is -0.445. The lowest BCUT2D eigenvalue weighted by Crippen LogP contribution is -2.68. The molecule has 0 aromatic carbocycles. The number of carbonyl (C=O) groups is 2. The highest BCUT2D eigenvalue weighted by molar-refractivity contribution is 8.01. The topological polar surface area (TPSA) is 104 Å². The van der Waals surface area contributed by atoms with Crippen LogP contribution in [0.15, 0.2) is 0 Å². The number of carbonyl (C=O) groups excluding carboxylic acids is 2. The Morgan fingerprint density at radius 1 is 1.58 bits per heavy atom. The Hall–Kier alpha value is -1.64. The first-order valence-electron chi connectivity index (χ1n) is 5.91. The van der Waals surface area contributed by atoms with Crippen LogP contribution in [0.4, 0.5) is 0 Å². The van der Waals surface area contributed by atoms with Crippen LogP contribution in [-0.4, -0.2) is 47.5 Å². The van der Waals surface area contributed by atoms with Gasteiger partial charge in [0.2, 0.25) is 17.6 Å². The number of nitrogens with one attached hydrogen (secondary N) is 2. The molecule has 2 saturated heterocycles. The molecular formula is C10H14N6O2S. The first-order chi connectivity index (χ1) is 8.88. The lowest BCUT2D eigenvalue weighted by Gasteiger charge is -2.47. The van der Waals surface area contributed by atoms with Gasteiger partial charge in [0.1, 0.15) is 0 Å². The van der Waals surface area contributed by atoms with Crippen molar-refractivity contribution in [3.63, 3.8) is 0 Å². The van der Waals surface area contributed by atoms with Crippen LogP contribution in [0.1, 0.15) is 33.0 Å². The van der Waals surface area contributed by atoms with Crippen LogP contribution in [0.5, 0.6) is 0 Å². The van der Waals surface area contributed by atoms with Gasteiger partial charge in [0.15, 0.2) is 5.66 Å².